The zero-order valence-electron chi connectivity index (χ0n) is 17.7. The zero-order chi connectivity index (χ0) is 22.7. The van der Waals surface area contributed by atoms with Crippen LogP contribution >= 0.6 is 11.6 Å². The number of carbonyl (C=O) groups is 1. The topological polar surface area (TPSA) is 34.0 Å². The number of aromatic nitrogens is 1. The molecule has 2 aliphatic carbocycles. The molecule has 7 heteroatoms. The molecule has 2 aromatic carbocycles. The maximum Gasteiger partial charge on any atom is 0.416 e. The average molecular weight is 461 g/mol. The summed E-state index contributed by atoms with van der Waals surface area (Å²) in [6, 6.07) is 10.6. The Balaban J connectivity index is 1.37. The molecule has 168 valence electrons. The number of fused-ring (bicyclic) bond motifs is 1. The number of amides is 1. The highest BCUT2D eigenvalue weighted by atomic mass is 35.5. The second-order valence-corrected chi connectivity index (χ2v) is 10.1. The van der Waals surface area contributed by atoms with E-state index in [4.69, 9.17) is 11.6 Å². The first-order chi connectivity index (χ1) is 15.1. The first kappa shape index (κ1) is 21.4. The third-order valence-electron chi connectivity index (χ3n) is 6.96. The number of hydrogen-bond acceptors (Lipinski definition) is 1. The Morgan fingerprint density at radius 2 is 1.81 bits per heavy atom. The molecule has 1 amide bonds. The second-order valence-electron chi connectivity index (χ2n) is 9.62. The largest absolute Gasteiger partial charge is 0.416 e. The van der Waals surface area contributed by atoms with Gasteiger partial charge in [-0.15, -0.1) is 0 Å². The third kappa shape index (κ3) is 3.90. The standard InChI is InChI=1S/C25H24ClF3N2O/c1-15-10-24(11-15)12-20(13-24)30-23(32)21-9-19(26)8-17-6-7-31(22(17)21)14-16-2-4-18(5-3-16)25(27,28)29/h2-9,15,20H,10-14H2,1H3,(H,30,32). The zero-order valence-corrected chi connectivity index (χ0v) is 18.4. The minimum atomic E-state index is -4.36. The highest BCUT2D eigenvalue weighted by Gasteiger charge is 2.51. The normalized spacial score (nSPS) is 24.9. The van der Waals surface area contributed by atoms with Gasteiger partial charge < -0.3 is 9.88 Å². The van der Waals surface area contributed by atoms with Crippen LogP contribution < -0.4 is 5.32 Å². The van der Waals surface area contributed by atoms with Crippen molar-refractivity contribution in [2.45, 2.75) is 51.4 Å². The Morgan fingerprint density at radius 3 is 2.44 bits per heavy atom. The SMILES string of the molecule is CC1CC2(C1)CC(NC(=O)c1cc(Cl)cc3ccn(Cc4ccc(C(F)(F)F)cc4)c13)C2. The smallest absolute Gasteiger partial charge is 0.349 e. The van der Waals surface area contributed by atoms with Crippen LogP contribution in [-0.2, 0) is 12.7 Å². The van der Waals surface area contributed by atoms with Gasteiger partial charge in [0.25, 0.3) is 5.91 Å². The summed E-state index contributed by atoms with van der Waals surface area (Å²) in [4.78, 5) is 13.1. The molecule has 0 unspecified atom stereocenters. The van der Waals surface area contributed by atoms with E-state index in [9.17, 15) is 18.0 Å². The van der Waals surface area contributed by atoms with Gasteiger partial charge in [-0.2, -0.15) is 13.2 Å². The van der Waals surface area contributed by atoms with Crippen molar-refractivity contribution in [2.75, 3.05) is 0 Å². The van der Waals surface area contributed by atoms with Crippen LogP contribution in [0.5, 0.6) is 0 Å². The summed E-state index contributed by atoms with van der Waals surface area (Å²) in [6.45, 7) is 2.62. The van der Waals surface area contributed by atoms with E-state index in [2.05, 4.69) is 12.2 Å². The lowest BCUT2D eigenvalue weighted by atomic mass is 9.50. The van der Waals surface area contributed by atoms with Crippen molar-refractivity contribution in [3.8, 4) is 0 Å². The van der Waals surface area contributed by atoms with Crippen LogP contribution in [0.3, 0.4) is 0 Å². The van der Waals surface area contributed by atoms with E-state index in [-0.39, 0.29) is 11.9 Å². The molecule has 32 heavy (non-hydrogen) atoms. The summed E-state index contributed by atoms with van der Waals surface area (Å²) in [5, 5.41) is 4.47. The van der Waals surface area contributed by atoms with Gasteiger partial charge in [0.1, 0.15) is 0 Å². The van der Waals surface area contributed by atoms with Gasteiger partial charge in [-0.05, 0) is 72.9 Å². The van der Waals surface area contributed by atoms with E-state index >= 15 is 0 Å². The molecular formula is C25H24ClF3N2O. The highest BCUT2D eigenvalue weighted by Crippen LogP contribution is 2.58. The molecule has 1 heterocycles. The number of nitrogens with zero attached hydrogens (tertiary/aromatic N) is 1. The molecule has 1 N–H and O–H groups in total. The maximum absolute atomic E-state index is 13.1. The summed E-state index contributed by atoms with van der Waals surface area (Å²) in [7, 11) is 0. The minimum Gasteiger partial charge on any atom is -0.349 e. The van der Waals surface area contributed by atoms with Gasteiger partial charge in [0.05, 0.1) is 16.6 Å². The molecule has 2 aliphatic rings. The molecule has 0 saturated heterocycles. The van der Waals surface area contributed by atoms with Crippen molar-refractivity contribution in [1.82, 2.24) is 9.88 Å². The molecule has 0 radical (unpaired) electrons. The van der Waals surface area contributed by atoms with Crippen molar-refractivity contribution >= 4 is 28.4 Å². The van der Waals surface area contributed by atoms with Crippen molar-refractivity contribution in [1.29, 1.82) is 0 Å². The van der Waals surface area contributed by atoms with E-state index in [1.165, 1.54) is 25.0 Å². The molecule has 3 nitrogen and oxygen atoms in total. The molecule has 0 bridgehead atoms. The molecule has 0 aliphatic heterocycles. The van der Waals surface area contributed by atoms with Gasteiger partial charge in [0.15, 0.2) is 0 Å². The number of benzene rings is 2. The molecule has 0 atom stereocenters. The first-order valence-corrected chi connectivity index (χ1v) is 11.3. The van der Waals surface area contributed by atoms with Gasteiger partial charge in [-0.3, -0.25) is 4.79 Å². The number of halogens is 4. The van der Waals surface area contributed by atoms with Crippen LogP contribution in [-0.4, -0.2) is 16.5 Å². The molecule has 1 spiro atoms. The Bertz CT molecular complexity index is 1170. The summed E-state index contributed by atoms with van der Waals surface area (Å²) < 4.78 is 40.5. The Labute approximate surface area is 189 Å². The minimum absolute atomic E-state index is 0.155. The molecule has 2 saturated carbocycles. The first-order valence-electron chi connectivity index (χ1n) is 10.9. The van der Waals surface area contributed by atoms with E-state index < -0.39 is 11.7 Å². The summed E-state index contributed by atoms with van der Waals surface area (Å²) in [5.41, 5.74) is 1.70. The second kappa shape index (κ2) is 7.55. The van der Waals surface area contributed by atoms with Gasteiger partial charge in [0, 0.05) is 29.2 Å². The van der Waals surface area contributed by atoms with E-state index in [1.807, 2.05) is 16.8 Å². The van der Waals surface area contributed by atoms with Gasteiger partial charge >= 0.3 is 6.18 Å². The summed E-state index contributed by atoms with van der Waals surface area (Å²) in [6.07, 6.45) is 2.02. The van der Waals surface area contributed by atoms with Gasteiger partial charge in [0.2, 0.25) is 0 Å². The number of alkyl halides is 3. The number of carbonyl (C=O) groups excluding carboxylic acids is 1. The van der Waals surface area contributed by atoms with Crippen LogP contribution in [0, 0.1) is 11.3 Å². The van der Waals surface area contributed by atoms with E-state index in [0.717, 1.165) is 47.4 Å². The van der Waals surface area contributed by atoms with Gasteiger partial charge in [-0.25, -0.2) is 0 Å². The average Bonchev–Trinajstić information content (AvgIpc) is 3.06. The summed E-state index contributed by atoms with van der Waals surface area (Å²) >= 11 is 6.28. The highest BCUT2D eigenvalue weighted by molar-refractivity contribution is 6.32. The van der Waals surface area contributed by atoms with Crippen LogP contribution in [0.1, 0.15) is 54.1 Å². The fraction of sp³-hybridized carbons (Fsp3) is 0.400. The summed E-state index contributed by atoms with van der Waals surface area (Å²) in [5.74, 6) is 0.629. The Hall–Kier alpha value is -2.47. The molecule has 3 aromatic rings. The number of hydrogen-bond donors (Lipinski definition) is 1. The molecular weight excluding hydrogens is 437 g/mol. The van der Waals surface area contributed by atoms with Crippen LogP contribution in [0.15, 0.2) is 48.7 Å². The van der Waals surface area contributed by atoms with Crippen molar-refractivity contribution in [2.24, 2.45) is 11.3 Å². The van der Waals surface area contributed by atoms with Crippen molar-refractivity contribution < 1.29 is 18.0 Å². The lowest BCUT2D eigenvalue weighted by Crippen LogP contribution is -2.55. The lowest BCUT2D eigenvalue weighted by Gasteiger charge is -2.57. The predicted octanol–water partition coefficient (Wildman–Crippen LogP) is 6.67. The van der Waals surface area contributed by atoms with Crippen LogP contribution in [0.2, 0.25) is 5.02 Å². The Morgan fingerprint density at radius 1 is 1.12 bits per heavy atom. The van der Waals surface area contributed by atoms with Crippen LogP contribution in [0.4, 0.5) is 13.2 Å². The van der Waals surface area contributed by atoms with E-state index in [0.29, 0.717) is 22.5 Å². The third-order valence-corrected chi connectivity index (χ3v) is 7.18. The molecule has 5 rings (SSSR count). The Kier molecular flexibility index (Phi) is 5.04. The fourth-order valence-electron chi connectivity index (χ4n) is 5.72. The maximum atomic E-state index is 13.1. The van der Waals surface area contributed by atoms with Crippen molar-refractivity contribution in [3.63, 3.8) is 0 Å². The fourth-order valence-corrected chi connectivity index (χ4v) is 5.94. The van der Waals surface area contributed by atoms with E-state index in [1.54, 1.807) is 12.1 Å². The monoisotopic (exact) mass is 460 g/mol. The predicted molar refractivity (Wildman–Crippen MR) is 119 cm³/mol. The van der Waals surface area contributed by atoms with Gasteiger partial charge in [-0.1, -0.05) is 30.7 Å². The molecule has 1 aromatic heterocycles. The number of nitrogens with one attached hydrogen (secondary N) is 1. The molecule has 2 fully saturated rings. The quantitative estimate of drug-likeness (QED) is 0.463. The number of rotatable bonds is 4. The van der Waals surface area contributed by atoms with Crippen LogP contribution in [0.25, 0.3) is 10.9 Å². The van der Waals surface area contributed by atoms with Crippen molar-refractivity contribution in [3.05, 3.63) is 70.4 Å². The lowest BCUT2D eigenvalue weighted by molar-refractivity contribution is -0.137.